The second-order valence-corrected chi connectivity index (χ2v) is 11.9. The minimum Gasteiger partial charge on any atom is -0.493 e. The molecule has 0 aliphatic carbocycles. The zero-order valence-electron chi connectivity index (χ0n) is 27.7. The number of methoxy groups -OCH3 is 1. The molecule has 49 heavy (non-hydrogen) atoms. The van der Waals surface area contributed by atoms with Crippen molar-refractivity contribution in [1.29, 1.82) is 0 Å². The molecule has 2 aromatic carbocycles. The van der Waals surface area contributed by atoms with Crippen LogP contribution in [0, 0.1) is 5.41 Å². The lowest BCUT2D eigenvalue weighted by Gasteiger charge is -2.36. The first-order valence-corrected chi connectivity index (χ1v) is 15.6. The predicted molar refractivity (Wildman–Crippen MR) is 172 cm³/mol. The van der Waals surface area contributed by atoms with Gasteiger partial charge in [0.2, 0.25) is 5.78 Å². The highest BCUT2D eigenvalue weighted by molar-refractivity contribution is 6.38. The number of nitrogens with zero attached hydrogens (tertiary/aromatic N) is 1. The molecule has 0 spiro atoms. The third-order valence-electron chi connectivity index (χ3n) is 7.71. The number of ketones is 1. The molecule has 0 aromatic heterocycles. The van der Waals surface area contributed by atoms with E-state index in [1.165, 1.54) is 25.9 Å². The van der Waals surface area contributed by atoms with E-state index in [9.17, 15) is 28.8 Å². The summed E-state index contributed by atoms with van der Waals surface area (Å²) in [5, 5.41) is 18.1. The summed E-state index contributed by atoms with van der Waals surface area (Å²) in [5.74, 6) is -4.77. The van der Waals surface area contributed by atoms with Gasteiger partial charge in [-0.1, -0.05) is 24.8 Å². The standard InChI is InChI=1S/C35H41NO13/c1-5-31(41)48-21-35(2,3)32(42)33(43)36-16-7-6-11-25(36)34(44)49-26(23-9-8-10-24(18-23)46-19-29(37)38)14-12-22-13-15-27(45-4)28(17-22)47-20-30(39)40/h5,8-10,13,15,17-18,25-26H,1,6-7,11-12,14,16,19-21H2,2-4H3,(H,37,38)(H,39,40)/t25-,26+/m0/s1. The smallest absolute Gasteiger partial charge is 0.341 e. The first-order chi connectivity index (χ1) is 23.2. The van der Waals surface area contributed by atoms with Crippen molar-refractivity contribution in [1.82, 2.24) is 4.90 Å². The van der Waals surface area contributed by atoms with Crippen molar-refractivity contribution in [2.24, 2.45) is 5.41 Å². The lowest BCUT2D eigenvalue weighted by atomic mass is 9.87. The Morgan fingerprint density at radius 1 is 0.980 bits per heavy atom. The van der Waals surface area contributed by atoms with Gasteiger partial charge in [0.15, 0.2) is 24.7 Å². The molecule has 264 valence electrons. The van der Waals surface area contributed by atoms with E-state index in [1.807, 2.05) is 0 Å². The number of esters is 2. The highest BCUT2D eigenvalue weighted by Gasteiger charge is 2.42. The van der Waals surface area contributed by atoms with Crippen molar-refractivity contribution in [3.63, 3.8) is 0 Å². The number of likely N-dealkylation sites (tertiary alicyclic amines) is 1. The van der Waals surface area contributed by atoms with Gasteiger partial charge in [0, 0.05) is 12.6 Å². The Morgan fingerprint density at radius 3 is 2.37 bits per heavy atom. The normalized spacial score (nSPS) is 14.9. The fourth-order valence-electron chi connectivity index (χ4n) is 5.10. The summed E-state index contributed by atoms with van der Waals surface area (Å²) in [6.45, 7) is 4.86. The van der Waals surface area contributed by atoms with Crippen LogP contribution >= 0.6 is 0 Å². The molecule has 2 N–H and O–H groups in total. The lowest BCUT2D eigenvalue weighted by Crippen LogP contribution is -2.53. The third-order valence-corrected chi connectivity index (χ3v) is 7.71. The van der Waals surface area contributed by atoms with Gasteiger partial charge < -0.3 is 38.8 Å². The maximum atomic E-state index is 13.8. The summed E-state index contributed by atoms with van der Waals surface area (Å²) in [5.41, 5.74) is -0.173. The minimum absolute atomic E-state index is 0.140. The Kier molecular flexibility index (Phi) is 13.7. The molecule has 3 rings (SSSR count). The molecule has 1 aliphatic rings. The number of carbonyl (C=O) groups excluding carboxylic acids is 4. The number of rotatable bonds is 18. The van der Waals surface area contributed by atoms with Crippen LogP contribution in [0.15, 0.2) is 55.1 Å². The van der Waals surface area contributed by atoms with Crippen LogP contribution in [-0.2, 0) is 44.7 Å². The number of hydrogen-bond donors (Lipinski definition) is 2. The number of benzene rings is 2. The van der Waals surface area contributed by atoms with Crippen LogP contribution in [0.5, 0.6) is 17.2 Å². The molecule has 0 radical (unpaired) electrons. The van der Waals surface area contributed by atoms with E-state index in [0.717, 1.165) is 6.08 Å². The van der Waals surface area contributed by atoms with Gasteiger partial charge in [-0.3, -0.25) is 9.59 Å². The highest BCUT2D eigenvalue weighted by Crippen LogP contribution is 2.32. The summed E-state index contributed by atoms with van der Waals surface area (Å²) < 4.78 is 27.0. The zero-order chi connectivity index (χ0) is 36.1. The van der Waals surface area contributed by atoms with Gasteiger partial charge in [-0.2, -0.15) is 0 Å². The van der Waals surface area contributed by atoms with E-state index in [1.54, 1.807) is 42.5 Å². The van der Waals surface area contributed by atoms with E-state index in [4.69, 9.17) is 33.9 Å². The van der Waals surface area contributed by atoms with Crippen LogP contribution in [-0.4, -0.2) is 90.2 Å². The van der Waals surface area contributed by atoms with Crippen LogP contribution in [0.1, 0.15) is 56.8 Å². The number of amides is 1. The summed E-state index contributed by atoms with van der Waals surface area (Å²) in [4.78, 5) is 75.5. The fraction of sp³-hybridized carbons (Fsp3) is 0.429. The number of Topliss-reactive ketones (excluding diaryl/α,β-unsaturated/α-hetero) is 1. The Labute approximate surface area is 283 Å². The van der Waals surface area contributed by atoms with Crippen LogP contribution in [0.25, 0.3) is 0 Å². The summed E-state index contributed by atoms with van der Waals surface area (Å²) >= 11 is 0. The Balaban J connectivity index is 1.86. The Hall–Kier alpha value is -5.40. The van der Waals surface area contributed by atoms with Gasteiger partial charge in [0.05, 0.1) is 12.5 Å². The number of aryl methyl sites for hydroxylation is 1. The minimum atomic E-state index is -1.37. The monoisotopic (exact) mass is 683 g/mol. The van der Waals surface area contributed by atoms with Gasteiger partial charge in [0.1, 0.15) is 24.5 Å². The summed E-state index contributed by atoms with van der Waals surface area (Å²) in [7, 11) is 1.42. The van der Waals surface area contributed by atoms with Gasteiger partial charge >= 0.3 is 23.9 Å². The van der Waals surface area contributed by atoms with E-state index in [0.29, 0.717) is 36.1 Å². The van der Waals surface area contributed by atoms with Crippen molar-refractivity contribution in [2.75, 3.05) is 33.5 Å². The average Bonchev–Trinajstić information content (AvgIpc) is 3.09. The molecule has 1 amide bonds. The molecule has 0 bridgehead atoms. The second-order valence-electron chi connectivity index (χ2n) is 11.9. The van der Waals surface area contributed by atoms with Crippen LogP contribution in [0.2, 0.25) is 0 Å². The molecule has 14 heteroatoms. The summed E-state index contributed by atoms with van der Waals surface area (Å²) in [6, 6.07) is 10.3. The number of hydrogen-bond acceptors (Lipinski definition) is 11. The van der Waals surface area contributed by atoms with Crippen LogP contribution in [0.3, 0.4) is 0 Å². The molecule has 0 saturated carbocycles. The molecule has 1 aliphatic heterocycles. The number of aliphatic carboxylic acids is 2. The molecule has 1 heterocycles. The number of ether oxygens (including phenoxy) is 5. The maximum absolute atomic E-state index is 13.8. The Morgan fingerprint density at radius 2 is 1.69 bits per heavy atom. The lowest BCUT2D eigenvalue weighted by molar-refractivity contribution is -0.165. The van der Waals surface area contributed by atoms with E-state index < -0.39 is 66.3 Å². The largest absolute Gasteiger partial charge is 0.493 e. The number of carboxylic acid groups (broad SMARTS) is 2. The van der Waals surface area contributed by atoms with E-state index in [2.05, 4.69) is 6.58 Å². The van der Waals surface area contributed by atoms with Crippen molar-refractivity contribution in [3.8, 4) is 17.2 Å². The van der Waals surface area contributed by atoms with Gasteiger partial charge in [-0.25, -0.2) is 19.2 Å². The quantitative estimate of drug-likeness (QED) is 0.132. The van der Waals surface area contributed by atoms with Gasteiger partial charge in [-0.15, -0.1) is 0 Å². The van der Waals surface area contributed by atoms with Crippen molar-refractivity contribution in [2.45, 2.75) is 58.1 Å². The van der Waals surface area contributed by atoms with Gasteiger partial charge in [0.25, 0.3) is 5.91 Å². The summed E-state index contributed by atoms with van der Waals surface area (Å²) in [6.07, 6.45) is 1.98. The number of carboxylic acids is 2. The second kappa shape index (κ2) is 17.7. The maximum Gasteiger partial charge on any atom is 0.341 e. The van der Waals surface area contributed by atoms with Crippen molar-refractivity contribution >= 4 is 35.6 Å². The molecule has 2 atom stereocenters. The third kappa shape index (κ3) is 11.1. The molecule has 2 aromatic rings. The Bertz CT molecular complexity index is 1550. The van der Waals surface area contributed by atoms with Crippen LogP contribution in [0.4, 0.5) is 0 Å². The molecule has 0 unspecified atom stereocenters. The highest BCUT2D eigenvalue weighted by atomic mass is 16.6. The molecule has 1 fully saturated rings. The molecular formula is C35H41NO13. The average molecular weight is 684 g/mol. The molecule has 1 saturated heterocycles. The van der Waals surface area contributed by atoms with Crippen LogP contribution < -0.4 is 14.2 Å². The molecular weight excluding hydrogens is 642 g/mol. The van der Waals surface area contributed by atoms with E-state index in [-0.39, 0.29) is 37.5 Å². The molecule has 14 nitrogen and oxygen atoms in total. The predicted octanol–water partition coefficient (Wildman–Crippen LogP) is 3.54. The SMILES string of the molecule is C=CC(=O)OCC(C)(C)C(=O)C(=O)N1CCCC[C@H]1C(=O)O[C@H](CCc1ccc(OC)c(OCC(=O)O)c1)c1cccc(OCC(=O)O)c1. The number of carbonyl (C=O) groups is 6. The van der Waals surface area contributed by atoms with Crippen molar-refractivity contribution in [3.05, 3.63) is 66.2 Å². The fourth-order valence-corrected chi connectivity index (χ4v) is 5.10. The van der Waals surface area contributed by atoms with E-state index >= 15 is 0 Å². The number of piperidine rings is 1. The zero-order valence-corrected chi connectivity index (χ0v) is 27.7. The first kappa shape index (κ1) is 38.1. The first-order valence-electron chi connectivity index (χ1n) is 15.6. The van der Waals surface area contributed by atoms with Crippen molar-refractivity contribution < 1.29 is 62.7 Å². The van der Waals surface area contributed by atoms with Gasteiger partial charge in [-0.05, 0) is 81.3 Å². The topological polar surface area (TPSA) is 192 Å².